The van der Waals surface area contributed by atoms with Gasteiger partial charge >= 0.3 is 0 Å². The molecule has 0 saturated heterocycles. The van der Waals surface area contributed by atoms with Crippen LogP contribution in [-0.2, 0) is 13.1 Å². The molecule has 0 unspecified atom stereocenters. The number of aryl methyl sites for hydroxylation is 3. The Kier molecular flexibility index (Phi) is 8.04. The number of aliphatic imine (C=N–C) groups is 1. The fraction of sp³-hybridized carbons (Fsp3) is 0.273. The summed E-state index contributed by atoms with van der Waals surface area (Å²) in [5, 5.41) is 11.4. The van der Waals surface area contributed by atoms with Crippen molar-refractivity contribution in [2.45, 2.75) is 33.9 Å². The molecule has 0 aliphatic carbocycles. The Hall–Kier alpha value is -2.35. The second-order valence-corrected chi connectivity index (χ2v) is 6.73. The summed E-state index contributed by atoms with van der Waals surface area (Å²) in [6, 6.07) is 18.9. The Morgan fingerprint density at radius 1 is 0.964 bits per heavy atom. The van der Waals surface area contributed by atoms with Crippen molar-refractivity contribution in [1.29, 1.82) is 0 Å². The summed E-state index contributed by atoms with van der Waals surface area (Å²) in [4.78, 5) is 4.33. The SMILES string of the molecule is CN=C(NCc1ccc(C)cc1)NCc1ccccc1-n1nc(C)cc1C.I. The quantitative estimate of drug-likeness (QED) is 0.320. The van der Waals surface area contributed by atoms with Crippen LogP contribution in [0, 0.1) is 20.8 Å². The molecule has 0 aliphatic heterocycles. The summed E-state index contributed by atoms with van der Waals surface area (Å²) in [7, 11) is 1.79. The molecule has 148 valence electrons. The van der Waals surface area contributed by atoms with Crippen LogP contribution in [0.15, 0.2) is 59.6 Å². The van der Waals surface area contributed by atoms with E-state index >= 15 is 0 Å². The van der Waals surface area contributed by atoms with E-state index in [0.29, 0.717) is 6.54 Å². The summed E-state index contributed by atoms with van der Waals surface area (Å²) in [5.74, 6) is 0.777. The Morgan fingerprint density at radius 3 is 2.29 bits per heavy atom. The minimum Gasteiger partial charge on any atom is -0.352 e. The lowest BCUT2D eigenvalue weighted by atomic mass is 10.1. The van der Waals surface area contributed by atoms with Gasteiger partial charge in [-0.15, -0.1) is 24.0 Å². The standard InChI is InChI=1S/C22H27N5.HI/c1-16-9-11-19(12-10-16)14-24-22(23-4)25-15-20-7-5-6-8-21(20)27-18(3)13-17(2)26-27;/h5-13H,14-15H2,1-4H3,(H2,23,24,25);1H. The molecule has 0 radical (unpaired) electrons. The van der Waals surface area contributed by atoms with Crippen molar-refractivity contribution in [3.63, 3.8) is 0 Å². The first kappa shape index (κ1) is 21.9. The van der Waals surface area contributed by atoms with Crippen LogP contribution in [0.1, 0.15) is 28.1 Å². The summed E-state index contributed by atoms with van der Waals surface area (Å²) < 4.78 is 1.99. The predicted octanol–water partition coefficient (Wildman–Crippen LogP) is 4.28. The molecule has 0 saturated carbocycles. The topological polar surface area (TPSA) is 54.2 Å². The van der Waals surface area contributed by atoms with Crippen molar-refractivity contribution >= 4 is 29.9 Å². The molecule has 2 aromatic carbocycles. The number of guanidine groups is 1. The highest BCUT2D eigenvalue weighted by Gasteiger charge is 2.09. The number of aromatic nitrogens is 2. The van der Waals surface area contributed by atoms with Crippen molar-refractivity contribution in [3.8, 4) is 5.69 Å². The van der Waals surface area contributed by atoms with Gasteiger partial charge in [-0.3, -0.25) is 4.99 Å². The van der Waals surface area contributed by atoms with Gasteiger partial charge in [0, 0.05) is 25.8 Å². The maximum Gasteiger partial charge on any atom is 0.191 e. The number of nitrogens with one attached hydrogen (secondary N) is 2. The Morgan fingerprint density at radius 2 is 1.64 bits per heavy atom. The minimum atomic E-state index is 0. The maximum atomic E-state index is 4.61. The van der Waals surface area contributed by atoms with Crippen molar-refractivity contribution < 1.29 is 0 Å². The number of hydrogen-bond acceptors (Lipinski definition) is 2. The van der Waals surface area contributed by atoms with E-state index in [1.54, 1.807) is 7.05 Å². The van der Waals surface area contributed by atoms with E-state index in [4.69, 9.17) is 0 Å². The van der Waals surface area contributed by atoms with E-state index in [9.17, 15) is 0 Å². The minimum absolute atomic E-state index is 0. The molecule has 0 amide bonds. The molecule has 28 heavy (non-hydrogen) atoms. The Bertz CT molecular complexity index is 928. The number of para-hydroxylation sites is 1. The zero-order valence-corrected chi connectivity index (χ0v) is 19.2. The highest BCUT2D eigenvalue weighted by Crippen LogP contribution is 2.16. The van der Waals surface area contributed by atoms with Crippen molar-refractivity contribution in [2.24, 2.45) is 4.99 Å². The first-order valence-corrected chi connectivity index (χ1v) is 9.18. The van der Waals surface area contributed by atoms with Gasteiger partial charge in [0.25, 0.3) is 0 Å². The van der Waals surface area contributed by atoms with E-state index in [0.717, 1.165) is 29.6 Å². The van der Waals surface area contributed by atoms with Crippen LogP contribution in [0.2, 0.25) is 0 Å². The highest BCUT2D eigenvalue weighted by atomic mass is 127. The third kappa shape index (κ3) is 5.58. The molecule has 0 bridgehead atoms. The predicted molar refractivity (Wildman–Crippen MR) is 127 cm³/mol. The van der Waals surface area contributed by atoms with Crippen LogP contribution < -0.4 is 10.6 Å². The number of rotatable bonds is 5. The van der Waals surface area contributed by atoms with Crippen LogP contribution in [0.25, 0.3) is 5.69 Å². The molecular formula is C22H28IN5. The smallest absolute Gasteiger partial charge is 0.191 e. The van der Waals surface area contributed by atoms with Crippen LogP contribution in [0.4, 0.5) is 0 Å². The molecule has 3 aromatic rings. The summed E-state index contributed by atoms with van der Waals surface area (Å²) in [6.45, 7) is 7.59. The van der Waals surface area contributed by atoms with Gasteiger partial charge in [0.15, 0.2) is 5.96 Å². The Labute approximate surface area is 184 Å². The van der Waals surface area contributed by atoms with Crippen molar-refractivity contribution in [2.75, 3.05) is 7.05 Å². The molecule has 2 N–H and O–H groups in total. The van der Waals surface area contributed by atoms with Gasteiger partial charge in [-0.2, -0.15) is 5.10 Å². The van der Waals surface area contributed by atoms with Gasteiger partial charge in [0.05, 0.1) is 11.4 Å². The third-order valence-electron chi connectivity index (χ3n) is 4.48. The van der Waals surface area contributed by atoms with Gasteiger partial charge in [0.1, 0.15) is 0 Å². The number of nitrogens with zero attached hydrogens (tertiary/aromatic N) is 3. The fourth-order valence-corrected chi connectivity index (χ4v) is 3.03. The molecular weight excluding hydrogens is 461 g/mol. The van der Waals surface area contributed by atoms with Gasteiger partial charge in [0.2, 0.25) is 0 Å². The zero-order valence-electron chi connectivity index (χ0n) is 16.9. The lowest BCUT2D eigenvalue weighted by Gasteiger charge is -2.15. The molecule has 1 aromatic heterocycles. The second-order valence-electron chi connectivity index (χ2n) is 6.73. The van der Waals surface area contributed by atoms with Gasteiger partial charge in [-0.05, 0) is 44.0 Å². The van der Waals surface area contributed by atoms with E-state index in [1.807, 2.05) is 17.7 Å². The van der Waals surface area contributed by atoms with E-state index in [-0.39, 0.29) is 24.0 Å². The van der Waals surface area contributed by atoms with Gasteiger partial charge < -0.3 is 10.6 Å². The molecule has 3 rings (SSSR count). The number of hydrogen-bond donors (Lipinski definition) is 2. The van der Waals surface area contributed by atoms with Gasteiger partial charge in [-0.25, -0.2) is 4.68 Å². The summed E-state index contributed by atoms with van der Waals surface area (Å²) in [5.41, 5.74) is 6.90. The van der Waals surface area contributed by atoms with E-state index < -0.39 is 0 Å². The van der Waals surface area contributed by atoms with E-state index in [1.165, 1.54) is 16.7 Å². The maximum absolute atomic E-state index is 4.61. The summed E-state index contributed by atoms with van der Waals surface area (Å²) in [6.07, 6.45) is 0. The number of benzene rings is 2. The molecule has 0 spiro atoms. The zero-order chi connectivity index (χ0) is 19.2. The molecule has 0 fully saturated rings. The second kappa shape index (κ2) is 10.3. The molecule has 0 atom stereocenters. The summed E-state index contributed by atoms with van der Waals surface area (Å²) >= 11 is 0. The fourth-order valence-electron chi connectivity index (χ4n) is 3.03. The Balaban J connectivity index is 0.00000280. The number of halogens is 1. The lowest BCUT2D eigenvalue weighted by Crippen LogP contribution is -2.36. The van der Waals surface area contributed by atoms with Crippen LogP contribution in [0.5, 0.6) is 0 Å². The average molecular weight is 489 g/mol. The monoisotopic (exact) mass is 489 g/mol. The van der Waals surface area contributed by atoms with Crippen molar-refractivity contribution in [3.05, 3.63) is 82.7 Å². The first-order valence-electron chi connectivity index (χ1n) is 9.18. The largest absolute Gasteiger partial charge is 0.352 e. The van der Waals surface area contributed by atoms with Crippen LogP contribution >= 0.6 is 24.0 Å². The first-order chi connectivity index (χ1) is 13.1. The average Bonchev–Trinajstić information content (AvgIpc) is 3.01. The van der Waals surface area contributed by atoms with Crippen molar-refractivity contribution in [1.82, 2.24) is 20.4 Å². The highest BCUT2D eigenvalue weighted by molar-refractivity contribution is 14.0. The van der Waals surface area contributed by atoms with Gasteiger partial charge in [-0.1, -0.05) is 48.0 Å². The van der Waals surface area contributed by atoms with Crippen LogP contribution in [0.3, 0.4) is 0 Å². The van der Waals surface area contributed by atoms with Crippen LogP contribution in [-0.4, -0.2) is 22.8 Å². The molecule has 6 heteroatoms. The molecule has 0 aliphatic rings. The van der Waals surface area contributed by atoms with E-state index in [2.05, 4.69) is 83.1 Å². The normalized spacial score (nSPS) is 11.1. The third-order valence-corrected chi connectivity index (χ3v) is 4.48. The lowest BCUT2D eigenvalue weighted by molar-refractivity contribution is 0.781. The molecule has 5 nitrogen and oxygen atoms in total. The molecule has 1 heterocycles.